The minimum Gasteiger partial charge on any atom is -0.461 e. The molecule has 4 heterocycles. The van der Waals surface area contributed by atoms with Crippen LogP contribution in [0.2, 0.25) is 0 Å². The highest BCUT2D eigenvalue weighted by atomic mass is 16.3. The predicted molar refractivity (Wildman–Crippen MR) is 290 cm³/mol. The van der Waals surface area contributed by atoms with Crippen LogP contribution >= 0.6 is 0 Å². The Labute approximate surface area is 424 Å². The second kappa shape index (κ2) is 19.8. The lowest BCUT2D eigenvalue weighted by Crippen LogP contribution is -2.62. The monoisotopic (exact) mass is 942 g/mol. The molecule has 1 saturated carbocycles. The molecule has 2 aliphatic heterocycles. The highest BCUT2D eigenvalue weighted by Crippen LogP contribution is 2.56. The fourth-order valence-electron chi connectivity index (χ4n) is 14.8. The number of benzene rings is 1. The summed E-state index contributed by atoms with van der Waals surface area (Å²) in [6.45, 7) is 7.10. The highest BCUT2D eigenvalue weighted by Gasteiger charge is 2.51. The van der Waals surface area contributed by atoms with E-state index in [1.165, 1.54) is 93.9 Å². The number of nitrogens with zero attached hydrogens (tertiary/aromatic N) is 3. The quantitative estimate of drug-likeness (QED) is 0.157. The van der Waals surface area contributed by atoms with E-state index in [1.807, 2.05) is 6.08 Å². The first-order valence-electron chi connectivity index (χ1n) is 27.9. The van der Waals surface area contributed by atoms with Crippen molar-refractivity contribution in [3.05, 3.63) is 177 Å². The summed E-state index contributed by atoms with van der Waals surface area (Å²) < 4.78 is 6.97. The Morgan fingerprint density at radius 2 is 1.85 bits per heavy atom. The molecule has 10 unspecified atom stereocenters. The molecule has 2 fully saturated rings. The third kappa shape index (κ3) is 8.73. The van der Waals surface area contributed by atoms with E-state index in [4.69, 9.17) is 20.8 Å². The van der Waals surface area contributed by atoms with Gasteiger partial charge in [-0.15, -0.1) is 6.42 Å². The number of fused-ring (bicyclic) bond motifs is 7. The van der Waals surface area contributed by atoms with Gasteiger partial charge in [0.2, 0.25) is 0 Å². The van der Waals surface area contributed by atoms with E-state index >= 15 is 0 Å². The molecule has 0 spiro atoms. The molecule has 6 heteroatoms. The predicted octanol–water partition coefficient (Wildman–Crippen LogP) is 14.8. The van der Waals surface area contributed by atoms with Gasteiger partial charge in [0.1, 0.15) is 29.2 Å². The average Bonchev–Trinajstić information content (AvgIpc) is 3.96. The van der Waals surface area contributed by atoms with E-state index in [0.29, 0.717) is 35.5 Å². The van der Waals surface area contributed by atoms with Gasteiger partial charge in [-0.1, -0.05) is 105 Å². The van der Waals surface area contributed by atoms with Gasteiger partial charge in [0.15, 0.2) is 0 Å². The number of likely N-dealkylation sites (tertiary alicyclic amines) is 1. The number of hydrogen-bond donors (Lipinski definition) is 2. The highest BCUT2D eigenvalue weighted by molar-refractivity contribution is 5.99. The molecule has 71 heavy (non-hydrogen) atoms. The van der Waals surface area contributed by atoms with Crippen LogP contribution in [-0.2, 0) is 18.5 Å². The molecular formula is C65H75N5O. The Balaban J connectivity index is 0.973. The molecule has 9 aliphatic rings. The van der Waals surface area contributed by atoms with Crippen molar-refractivity contribution >= 4 is 11.9 Å². The van der Waals surface area contributed by atoms with Gasteiger partial charge in [-0.05, 0) is 185 Å². The molecule has 0 bridgehead atoms. The van der Waals surface area contributed by atoms with E-state index in [1.54, 1.807) is 5.57 Å². The number of amidine groups is 1. The minimum atomic E-state index is -0.617. The van der Waals surface area contributed by atoms with E-state index in [0.717, 1.165) is 95.1 Å². The van der Waals surface area contributed by atoms with Crippen LogP contribution in [0.1, 0.15) is 192 Å². The van der Waals surface area contributed by atoms with Crippen molar-refractivity contribution in [3.63, 3.8) is 0 Å². The molecule has 6 nitrogen and oxygen atoms in total. The Kier molecular flexibility index (Phi) is 12.9. The SMILES string of the molecule is C#C/C=C(\CCC)N1C2=CC=CCC2C2c3c(oc4c3CC(c3ncc(C5CC(C6=CCCC=C6)CCC5c5ccccc5)cc3C3(C)NC(C5=CCCCC5)=NC(C5=CCCC(C)C5)N3)CC4)C=CC21. The van der Waals surface area contributed by atoms with Crippen molar-refractivity contribution in [2.24, 2.45) is 22.7 Å². The maximum atomic E-state index is 6.97. The number of aromatic nitrogens is 1. The van der Waals surface area contributed by atoms with E-state index in [-0.39, 0.29) is 18.1 Å². The number of terminal acetylenes is 1. The van der Waals surface area contributed by atoms with Crippen LogP contribution in [0.3, 0.4) is 0 Å². The number of rotatable bonds is 10. The smallest absolute Gasteiger partial charge is 0.130 e. The summed E-state index contributed by atoms with van der Waals surface area (Å²) in [5.41, 5.74) is 14.6. The zero-order valence-corrected chi connectivity index (χ0v) is 42.6. The molecule has 7 aliphatic carbocycles. The lowest BCUT2D eigenvalue weighted by molar-refractivity contribution is 0.276. The van der Waals surface area contributed by atoms with Gasteiger partial charge in [0.25, 0.3) is 0 Å². The number of furan rings is 1. The summed E-state index contributed by atoms with van der Waals surface area (Å²) in [6, 6.07) is 14.2. The van der Waals surface area contributed by atoms with Crippen LogP contribution in [0.25, 0.3) is 6.08 Å². The van der Waals surface area contributed by atoms with Crippen LogP contribution in [0, 0.1) is 30.1 Å². The molecule has 2 aromatic heterocycles. The molecule has 366 valence electrons. The number of nitrogens with one attached hydrogen (secondary N) is 2. The number of pyridine rings is 1. The van der Waals surface area contributed by atoms with Crippen molar-refractivity contribution in [3.8, 4) is 12.3 Å². The van der Waals surface area contributed by atoms with Gasteiger partial charge < -0.3 is 14.6 Å². The second-order valence-electron chi connectivity index (χ2n) is 22.8. The van der Waals surface area contributed by atoms with Crippen molar-refractivity contribution in [1.82, 2.24) is 20.5 Å². The second-order valence-corrected chi connectivity index (χ2v) is 22.8. The zero-order valence-electron chi connectivity index (χ0n) is 42.6. The van der Waals surface area contributed by atoms with Gasteiger partial charge in [-0.2, -0.15) is 0 Å². The first-order valence-corrected chi connectivity index (χ1v) is 27.9. The van der Waals surface area contributed by atoms with Crippen molar-refractivity contribution in [1.29, 1.82) is 0 Å². The van der Waals surface area contributed by atoms with Crippen molar-refractivity contribution in [2.75, 3.05) is 0 Å². The normalized spacial score (nSPS) is 32.2. The lowest BCUT2D eigenvalue weighted by Gasteiger charge is -2.44. The van der Waals surface area contributed by atoms with Gasteiger partial charge in [0, 0.05) is 59.0 Å². The number of aliphatic imine (C=N–C) groups is 1. The third-order valence-corrected chi connectivity index (χ3v) is 18.2. The number of allylic oxidation sites excluding steroid dienone is 12. The van der Waals surface area contributed by atoms with Gasteiger partial charge in [0.05, 0.1) is 11.7 Å². The summed E-state index contributed by atoms with van der Waals surface area (Å²) >= 11 is 0. The maximum Gasteiger partial charge on any atom is 0.130 e. The van der Waals surface area contributed by atoms with E-state index in [2.05, 4.69) is 146 Å². The van der Waals surface area contributed by atoms with Crippen molar-refractivity contribution in [2.45, 2.75) is 178 Å². The summed E-state index contributed by atoms with van der Waals surface area (Å²) in [7, 11) is 0. The molecule has 2 N–H and O–H groups in total. The van der Waals surface area contributed by atoms with Gasteiger partial charge in [-0.25, -0.2) is 4.99 Å². The summed E-state index contributed by atoms with van der Waals surface area (Å²) in [5.74, 6) is 9.09. The molecule has 3 aromatic rings. The third-order valence-electron chi connectivity index (χ3n) is 18.2. The fourth-order valence-corrected chi connectivity index (χ4v) is 14.8. The Hall–Kier alpha value is -5.64. The fraction of sp³-hybridized carbons (Fsp3) is 0.477. The van der Waals surface area contributed by atoms with Gasteiger partial charge >= 0.3 is 0 Å². The largest absolute Gasteiger partial charge is 0.461 e. The topological polar surface area (TPSA) is 65.7 Å². The molecule has 1 saturated heterocycles. The first-order chi connectivity index (χ1) is 34.9. The molecule has 10 atom stereocenters. The number of hydrogen-bond acceptors (Lipinski definition) is 6. The van der Waals surface area contributed by atoms with Crippen LogP contribution in [-0.4, -0.2) is 27.9 Å². The standard InChI is InChI=1S/C65H75N5O/c1-5-19-50(20-6-2)70-56-30-17-16-29-52(56)60-57(70)34-36-59-61(60)54-39-47(32-35-58(54)71-59)62-55(65(4)68-63(45-26-14-9-15-27-45)67-64(69-65)48-28-18-21-42(3)37-48)40-49(41-66-62)53-38-46(43-22-10-7-11-23-43)31-33-51(53)44-24-12-8-13-25-44/h1,8,10,12-13,16-17,19,22-26,28,30,34,36,40-42,46-47,51-53,57,60,64,69H,6-7,9,11,14-15,18,20-21,27,29,31-33,35,37-39H2,2-4H3,(H,67,68)/b50-19+. The number of aryl methyl sites for hydroxylation is 1. The van der Waals surface area contributed by atoms with Crippen LogP contribution < -0.4 is 10.6 Å². The Bertz CT molecular complexity index is 2850. The minimum absolute atomic E-state index is 0.0970. The van der Waals surface area contributed by atoms with Crippen molar-refractivity contribution < 1.29 is 4.42 Å². The zero-order chi connectivity index (χ0) is 48.1. The van der Waals surface area contributed by atoms with Crippen LogP contribution in [0.5, 0.6) is 0 Å². The van der Waals surface area contributed by atoms with E-state index < -0.39 is 5.66 Å². The van der Waals surface area contributed by atoms with Crippen LogP contribution in [0.15, 0.2) is 141 Å². The van der Waals surface area contributed by atoms with Crippen LogP contribution in [0.4, 0.5) is 0 Å². The Morgan fingerprint density at radius 3 is 2.66 bits per heavy atom. The summed E-state index contributed by atoms with van der Waals surface area (Å²) in [5, 5.41) is 8.45. The summed E-state index contributed by atoms with van der Waals surface area (Å²) in [4.78, 5) is 14.1. The first kappa shape index (κ1) is 46.4. The average molecular weight is 942 g/mol. The lowest BCUT2D eigenvalue weighted by atomic mass is 9.66. The van der Waals surface area contributed by atoms with E-state index in [9.17, 15) is 0 Å². The molecular weight excluding hydrogens is 867 g/mol. The molecule has 12 rings (SSSR count). The molecule has 1 aromatic carbocycles. The molecule has 0 radical (unpaired) electrons. The molecule has 0 amide bonds. The summed E-state index contributed by atoms with van der Waals surface area (Å²) in [6.07, 6.45) is 54.1. The van der Waals surface area contributed by atoms with Gasteiger partial charge in [-0.3, -0.25) is 10.3 Å². The Morgan fingerprint density at radius 1 is 0.930 bits per heavy atom. The maximum absolute atomic E-state index is 6.97.